The lowest BCUT2D eigenvalue weighted by atomic mass is 10.1. The van der Waals surface area contributed by atoms with Gasteiger partial charge in [-0.15, -0.1) is 0 Å². The summed E-state index contributed by atoms with van der Waals surface area (Å²) >= 11 is 0. The van der Waals surface area contributed by atoms with Gasteiger partial charge in [-0.1, -0.05) is 25.1 Å². The van der Waals surface area contributed by atoms with Crippen molar-refractivity contribution < 1.29 is 9.90 Å². The molecule has 20 heavy (non-hydrogen) atoms. The van der Waals surface area contributed by atoms with Crippen LogP contribution in [0.1, 0.15) is 35.7 Å². The van der Waals surface area contributed by atoms with E-state index in [1.165, 1.54) is 0 Å². The standard InChI is InChI=1S/C16H24N2O2/c1-3-14-12-17(2)9-6-10-18(14)11-13-7-4-5-8-15(13)16(19)20/h4-5,7-8,14H,3,6,9-12H2,1-2H3,(H,19,20). The average Bonchev–Trinajstić information content (AvgIpc) is 2.61. The molecule has 0 spiro atoms. The molecule has 0 aromatic heterocycles. The van der Waals surface area contributed by atoms with Crippen LogP contribution < -0.4 is 0 Å². The number of carboxylic acid groups (broad SMARTS) is 1. The van der Waals surface area contributed by atoms with E-state index in [-0.39, 0.29) is 0 Å². The van der Waals surface area contributed by atoms with Crippen LogP contribution in [-0.4, -0.2) is 53.6 Å². The third kappa shape index (κ3) is 3.58. The lowest BCUT2D eigenvalue weighted by molar-refractivity contribution is 0.0693. The first-order chi connectivity index (χ1) is 9.61. The number of benzene rings is 1. The zero-order valence-electron chi connectivity index (χ0n) is 12.4. The lowest BCUT2D eigenvalue weighted by Crippen LogP contribution is -2.39. The maximum atomic E-state index is 11.3. The first-order valence-electron chi connectivity index (χ1n) is 7.35. The molecule has 4 nitrogen and oxygen atoms in total. The number of aromatic carboxylic acids is 1. The van der Waals surface area contributed by atoms with Gasteiger partial charge in [0.2, 0.25) is 0 Å². The Kier molecular flexibility index (Phi) is 5.15. The summed E-state index contributed by atoms with van der Waals surface area (Å²) < 4.78 is 0. The minimum Gasteiger partial charge on any atom is -0.478 e. The fraction of sp³-hybridized carbons (Fsp3) is 0.562. The van der Waals surface area contributed by atoms with Gasteiger partial charge in [0.15, 0.2) is 0 Å². The predicted molar refractivity (Wildman–Crippen MR) is 80.0 cm³/mol. The van der Waals surface area contributed by atoms with Gasteiger partial charge in [-0.05, 0) is 38.1 Å². The fourth-order valence-corrected chi connectivity index (χ4v) is 2.97. The summed E-state index contributed by atoms with van der Waals surface area (Å²) in [5.41, 5.74) is 1.35. The highest BCUT2D eigenvalue weighted by Crippen LogP contribution is 2.18. The van der Waals surface area contributed by atoms with E-state index < -0.39 is 5.97 Å². The van der Waals surface area contributed by atoms with E-state index in [2.05, 4.69) is 23.8 Å². The molecule has 2 rings (SSSR count). The zero-order valence-corrected chi connectivity index (χ0v) is 12.4. The monoisotopic (exact) mass is 276 g/mol. The molecule has 0 amide bonds. The van der Waals surface area contributed by atoms with E-state index in [1.54, 1.807) is 12.1 Å². The summed E-state index contributed by atoms with van der Waals surface area (Å²) in [6, 6.07) is 7.85. The Balaban J connectivity index is 2.17. The van der Waals surface area contributed by atoms with E-state index in [4.69, 9.17) is 0 Å². The maximum Gasteiger partial charge on any atom is 0.336 e. The minimum absolute atomic E-state index is 0.431. The van der Waals surface area contributed by atoms with Crippen LogP contribution in [-0.2, 0) is 6.54 Å². The quantitative estimate of drug-likeness (QED) is 0.916. The number of likely N-dealkylation sites (N-methyl/N-ethyl adjacent to an activating group) is 1. The molecule has 1 aromatic carbocycles. The number of carbonyl (C=O) groups is 1. The van der Waals surface area contributed by atoms with Crippen molar-refractivity contribution in [3.05, 3.63) is 35.4 Å². The highest BCUT2D eigenvalue weighted by Gasteiger charge is 2.23. The second kappa shape index (κ2) is 6.86. The molecule has 0 saturated carbocycles. The third-order valence-corrected chi connectivity index (χ3v) is 4.12. The van der Waals surface area contributed by atoms with Gasteiger partial charge in [0.25, 0.3) is 0 Å². The molecule has 1 N–H and O–H groups in total. The predicted octanol–water partition coefficient (Wildman–Crippen LogP) is 2.30. The van der Waals surface area contributed by atoms with Gasteiger partial charge in [0.05, 0.1) is 5.56 Å². The number of nitrogens with zero attached hydrogens (tertiary/aromatic N) is 2. The molecule has 1 aliphatic heterocycles. The molecular formula is C16H24N2O2. The second-order valence-corrected chi connectivity index (χ2v) is 5.61. The van der Waals surface area contributed by atoms with Crippen molar-refractivity contribution in [2.24, 2.45) is 0 Å². The topological polar surface area (TPSA) is 43.8 Å². The van der Waals surface area contributed by atoms with E-state index in [0.29, 0.717) is 11.6 Å². The Labute approximate surface area is 121 Å². The van der Waals surface area contributed by atoms with E-state index in [9.17, 15) is 9.90 Å². The zero-order chi connectivity index (χ0) is 14.5. The molecule has 110 valence electrons. The van der Waals surface area contributed by atoms with Gasteiger partial charge in [-0.25, -0.2) is 4.79 Å². The van der Waals surface area contributed by atoms with E-state index >= 15 is 0 Å². The van der Waals surface area contributed by atoms with Crippen molar-refractivity contribution in [3.63, 3.8) is 0 Å². The lowest BCUT2D eigenvalue weighted by Gasteiger charge is -2.30. The molecule has 0 aliphatic carbocycles. The van der Waals surface area contributed by atoms with Crippen LogP contribution in [0.2, 0.25) is 0 Å². The molecule has 1 fully saturated rings. The largest absolute Gasteiger partial charge is 0.478 e. The van der Waals surface area contributed by atoms with Crippen LogP contribution in [0.4, 0.5) is 0 Å². The van der Waals surface area contributed by atoms with Gasteiger partial charge >= 0.3 is 5.97 Å². The normalized spacial score (nSPS) is 21.6. The van der Waals surface area contributed by atoms with Crippen molar-refractivity contribution in [2.45, 2.75) is 32.4 Å². The molecule has 1 aromatic rings. The van der Waals surface area contributed by atoms with E-state index in [0.717, 1.165) is 44.6 Å². The third-order valence-electron chi connectivity index (χ3n) is 4.12. The Morgan fingerprint density at radius 1 is 1.35 bits per heavy atom. The highest BCUT2D eigenvalue weighted by molar-refractivity contribution is 5.89. The smallest absolute Gasteiger partial charge is 0.336 e. The number of hydrogen-bond acceptors (Lipinski definition) is 3. The van der Waals surface area contributed by atoms with Gasteiger partial charge < -0.3 is 10.0 Å². The van der Waals surface area contributed by atoms with Crippen molar-refractivity contribution in [1.29, 1.82) is 0 Å². The fourth-order valence-electron chi connectivity index (χ4n) is 2.97. The van der Waals surface area contributed by atoms with Crippen molar-refractivity contribution in [3.8, 4) is 0 Å². The SMILES string of the molecule is CCC1CN(C)CCCN1Cc1ccccc1C(=O)O. The first-order valence-corrected chi connectivity index (χ1v) is 7.35. The Hall–Kier alpha value is -1.39. The molecule has 4 heteroatoms. The van der Waals surface area contributed by atoms with Crippen molar-refractivity contribution in [1.82, 2.24) is 9.80 Å². The molecular weight excluding hydrogens is 252 g/mol. The summed E-state index contributed by atoms with van der Waals surface area (Å²) in [5.74, 6) is -0.833. The average molecular weight is 276 g/mol. The minimum atomic E-state index is -0.833. The highest BCUT2D eigenvalue weighted by atomic mass is 16.4. The van der Waals surface area contributed by atoms with Gasteiger partial charge in [0, 0.05) is 25.7 Å². The van der Waals surface area contributed by atoms with Crippen LogP contribution in [0.25, 0.3) is 0 Å². The molecule has 1 unspecified atom stereocenters. The molecule has 0 radical (unpaired) electrons. The molecule has 1 atom stereocenters. The number of rotatable bonds is 4. The maximum absolute atomic E-state index is 11.3. The van der Waals surface area contributed by atoms with Crippen LogP contribution >= 0.6 is 0 Å². The van der Waals surface area contributed by atoms with E-state index in [1.807, 2.05) is 12.1 Å². The van der Waals surface area contributed by atoms with Gasteiger partial charge in [0.1, 0.15) is 0 Å². The van der Waals surface area contributed by atoms with Crippen LogP contribution in [0.5, 0.6) is 0 Å². The molecule has 1 saturated heterocycles. The summed E-state index contributed by atoms with van der Waals surface area (Å²) in [6.07, 6.45) is 2.24. The molecule has 0 bridgehead atoms. The van der Waals surface area contributed by atoms with Gasteiger partial charge in [-0.2, -0.15) is 0 Å². The summed E-state index contributed by atoms with van der Waals surface area (Å²) in [5, 5.41) is 9.29. The Morgan fingerprint density at radius 2 is 2.10 bits per heavy atom. The van der Waals surface area contributed by atoms with Crippen LogP contribution in [0.3, 0.4) is 0 Å². The first kappa shape index (κ1) is 15.0. The molecule has 1 heterocycles. The Morgan fingerprint density at radius 3 is 2.80 bits per heavy atom. The Bertz CT molecular complexity index is 462. The second-order valence-electron chi connectivity index (χ2n) is 5.61. The van der Waals surface area contributed by atoms with Crippen LogP contribution in [0, 0.1) is 0 Å². The summed E-state index contributed by atoms with van der Waals surface area (Å²) in [7, 11) is 2.16. The van der Waals surface area contributed by atoms with Crippen LogP contribution in [0.15, 0.2) is 24.3 Å². The molecule has 1 aliphatic rings. The summed E-state index contributed by atoms with van der Waals surface area (Å²) in [6.45, 7) is 6.16. The van der Waals surface area contributed by atoms with Gasteiger partial charge in [-0.3, -0.25) is 4.90 Å². The summed E-state index contributed by atoms with van der Waals surface area (Å²) in [4.78, 5) is 16.1. The number of hydrogen-bond donors (Lipinski definition) is 1. The number of carboxylic acids is 1. The van der Waals surface area contributed by atoms with Crippen molar-refractivity contribution >= 4 is 5.97 Å². The van der Waals surface area contributed by atoms with Crippen molar-refractivity contribution in [2.75, 3.05) is 26.7 Å².